The minimum atomic E-state index is -4.26. The van der Waals surface area contributed by atoms with Crippen LogP contribution >= 0.6 is 0 Å². The number of aromatic nitrogens is 1. The highest BCUT2D eigenvalue weighted by Gasteiger charge is 2.33. The van der Waals surface area contributed by atoms with E-state index in [1.807, 2.05) is 30.3 Å². The van der Waals surface area contributed by atoms with Gasteiger partial charge >= 0.3 is 10.1 Å². The van der Waals surface area contributed by atoms with Crippen LogP contribution in [-0.4, -0.2) is 19.1 Å². The molecule has 0 fully saturated rings. The highest BCUT2D eigenvalue weighted by Crippen LogP contribution is 2.33. The summed E-state index contributed by atoms with van der Waals surface area (Å²) in [6.45, 7) is 0. The number of H-pyrrole nitrogens is 1. The van der Waals surface area contributed by atoms with Crippen LogP contribution in [0.2, 0.25) is 0 Å². The van der Waals surface area contributed by atoms with Crippen molar-refractivity contribution in [3.05, 3.63) is 108 Å². The zero-order valence-corrected chi connectivity index (χ0v) is 16.6. The monoisotopic (exact) mass is 415 g/mol. The molecule has 0 aliphatic rings. The molecular weight excluding hydrogens is 398 g/mol. The maximum Gasteiger partial charge on any atom is 0.341 e. The van der Waals surface area contributed by atoms with Crippen LogP contribution < -0.4 is 0 Å². The lowest BCUT2D eigenvalue weighted by atomic mass is 10.1. The van der Waals surface area contributed by atoms with Gasteiger partial charge in [-0.25, -0.2) is 0 Å². The third-order valence-corrected chi connectivity index (χ3v) is 6.00. The quantitative estimate of drug-likeness (QED) is 0.370. The molecule has 1 atom stereocenters. The van der Waals surface area contributed by atoms with Gasteiger partial charge in [0, 0.05) is 16.8 Å². The Bertz CT molecular complexity index is 1310. The van der Waals surface area contributed by atoms with Gasteiger partial charge in [-0.3, -0.25) is 4.28 Å². The van der Waals surface area contributed by atoms with Crippen molar-refractivity contribution >= 4 is 26.7 Å². The summed E-state index contributed by atoms with van der Waals surface area (Å²) in [5, 5.41) is 12.8. The third-order valence-electron chi connectivity index (χ3n) is 4.61. The summed E-state index contributed by atoms with van der Waals surface area (Å²) in [6, 6.07) is 28.5. The molecule has 1 aromatic heterocycles. The molecule has 0 saturated heterocycles. The molecule has 0 aliphatic heterocycles. The molecule has 4 rings (SSSR count). The van der Waals surface area contributed by atoms with Crippen LogP contribution in [-0.2, 0) is 14.4 Å². The van der Waals surface area contributed by atoms with E-state index in [2.05, 4.69) is 10.1 Å². The standard InChI is InChI=1S/C23H17N3O3S/c24-16-22(17-9-3-1-4-10-17)26-29-30(27,28)23(18-11-5-2-6-12-18)21-15-19-13-7-8-14-20(19)25-21/h1-15,23,25H. The van der Waals surface area contributed by atoms with E-state index in [-0.39, 0.29) is 5.71 Å². The summed E-state index contributed by atoms with van der Waals surface area (Å²) in [5.41, 5.74) is 2.14. The Morgan fingerprint density at radius 3 is 2.23 bits per heavy atom. The number of aromatic amines is 1. The number of para-hydroxylation sites is 1. The zero-order chi connectivity index (χ0) is 21.0. The Balaban J connectivity index is 1.76. The maximum atomic E-state index is 13.2. The van der Waals surface area contributed by atoms with Crippen LogP contribution in [0.1, 0.15) is 22.1 Å². The lowest BCUT2D eigenvalue weighted by Crippen LogP contribution is -2.17. The Hall–Kier alpha value is -3.89. The van der Waals surface area contributed by atoms with E-state index in [1.54, 1.807) is 66.7 Å². The molecule has 0 bridgehead atoms. The fourth-order valence-electron chi connectivity index (χ4n) is 3.23. The zero-order valence-electron chi connectivity index (χ0n) is 15.8. The van der Waals surface area contributed by atoms with Crippen molar-refractivity contribution in [3.63, 3.8) is 0 Å². The fraction of sp³-hybridized carbons (Fsp3) is 0.0435. The number of hydrogen-bond donors (Lipinski definition) is 1. The fourth-order valence-corrected chi connectivity index (χ4v) is 4.43. The Morgan fingerprint density at radius 1 is 0.933 bits per heavy atom. The van der Waals surface area contributed by atoms with E-state index >= 15 is 0 Å². The SMILES string of the molecule is N#CC(=NOS(=O)(=O)C(c1ccccc1)c1cc2ccccc2[nH]1)c1ccccc1. The van der Waals surface area contributed by atoms with Gasteiger partial charge in [-0.15, -0.1) is 0 Å². The molecule has 0 radical (unpaired) electrons. The number of rotatable bonds is 6. The van der Waals surface area contributed by atoms with Gasteiger partial charge in [0.2, 0.25) is 0 Å². The van der Waals surface area contributed by atoms with Crippen LogP contribution in [0.4, 0.5) is 0 Å². The van der Waals surface area contributed by atoms with Crippen LogP contribution in [0.5, 0.6) is 0 Å². The molecule has 30 heavy (non-hydrogen) atoms. The van der Waals surface area contributed by atoms with E-state index in [0.29, 0.717) is 16.8 Å². The predicted octanol–water partition coefficient (Wildman–Crippen LogP) is 4.53. The predicted molar refractivity (Wildman–Crippen MR) is 115 cm³/mol. The number of oxime groups is 1. The molecule has 1 N–H and O–H groups in total. The highest BCUT2D eigenvalue weighted by molar-refractivity contribution is 7.87. The van der Waals surface area contributed by atoms with E-state index in [0.717, 1.165) is 10.9 Å². The molecule has 6 nitrogen and oxygen atoms in total. The minimum absolute atomic E-state index is 0.123. The van der Waals surface area contributed by atoms with E-state index in [4.69, 9.17) is 4.28 Å². The van der Waals surface area contributed by atoms with Crippen LogP contribution in [0, 0.1) is 11.3 Å². The maximum absolute atomic E-state index is 13.2. The third kappa shape index (κ3) is 3.95. The van der Waals surface area contributed by atoms with Crippen molar-refractivity contribution in [1.82, 2.24) is 4.98 Å². The first kappa shape index (κ1) is 19.4. The molecule has 7 heteroatoms. The largest absolute Gasteiger partial charge is 0.357 e. The first-order valence-corrected chi connectivity index (χ1v) is 10.6. The number of nitriles is 1. The number of hydrogen-bond acceptors (Lipinski definition) is 5. The normalized spacial score (nSPS) is 13.0. The second-order valence-corrected chi connectivity index (χ2v) is 8.19. The first-order chi connectivity index (χ1) is 14.6. The number of nitrogens with zero attached hydrogens (tertiary/aromatic N) is 2. The summed E-state index contributed by atoms with van der Waals surface area (Å²) >= 11 is 0. The van der Waals surface area contributed by atoms with Gasteiger partial charge in [0.1, 0.15) is 6.07 Å². The molecule has 0 amide bonds. The van der Waals surface area contributed by atoms with Crippen LogP contribution in [0.15, 0.2) is 96.2 Å². The summed E-state index contributed by atoms with van der Waals surface area (Å²) in [5.74, 6) is 0. The second-order valence-electron chi connectivity index (χ2n) is 6.59. The molecule has 0 spiro atoms. The van der Waals surface area contributed by atoms with Gasteiger partial charge in [0.15, 0.2) is 11.0 Å². The van der Waals surface area contributed by atoms with E-state index < -0.39 is 15.4 Å². The van der Waals surface area contributed by atoms with Crippen molar-refractivity contribution < 1.29 is 12.7 Å². The van der Waals surface area contributed by atoms with Crippen molar-refractivity contribution in [2.24, 2.45) is 5.16 Å². The van der Waals surface area contributed by atoms with Crippen LogP contribution in [0.3, 0.4) is 0 Å². The first-order valence-electron chi connectivity index (χ1n) is 9.17. The average molecular weight is 415 g/mol. The van der Waals surface area contributed by atoms with Crippen molar-refractivity contribution in [2.45, 2.75) is 5.25 Å². The summed E-state index contributed by atoms with van der Waals surface area (Å²) in [7, 11) is -4.26. The summed E-state index contributed by atoms with van der Waals surface area (Å²) < 4.78 is 31.4. The van der Waals surface area contributed by atoms with E-state index in [9.17, 15) is 13.7 Å². The van der Waals surface area contributed by atoms with Gasteiger partial charge in [-0.1, -0.05) is 84.0 Å². The average Bonchev–Trinajstić information content (AvgIpc) is 3.19. The Morgan fingerprint density at radius 2 is 1.57 bits per heavy atom. The molecule has 0 aliphatic carbocycles. The van der Waals surface area contributed by atoms with Crippen molar-refractivity contribution in [1.29, 1.82) is 5.26 Å². The van der Waals surface area contributed by atoms with Crippen molar-refractivity contribution in [3.8, 4) is 6.07 Å². The van der Waals surface area contributed by atoms with Gasteiger partial charge in [0.05, 0.1) is 0 Å². The Kier molecular flexibility index (Phi) is 5.33. The number of benzene rings is 3. The topological polar surface area (TPSA) is 95.3 Å². The smallest absolute Gasteiger partial charge is 0.341 e. The molecular formula is C23H17N3O3S. The number of fused-ring (bicyclic) bond motifs is 1. The molecule has 1 unspecified atom stereocenters. The molecule has 3 aromatic carbocycles. The van der Waals surface area contributed by atoms with Crippen molar-refractivity contribution in [2.75, 3.05) is 0 Å². The second kappa shape index (κ2) is 8.23. The highest BCUT2D eigenvalue weighted by atomic mass is 32.2. The Labute approximate surface area is 174 Å². The van der Waals surface area contributed by atoms with Gasteiger partial charge in [0.25, 0.3) is 0 Å². The molecule has 4 aromatic rings. The minimum Gasteiger partial charge on any atom is -0.357 e. The van der Waals surface area contributed by atoms with Gasteiger partial charge in [-0.05, 0) is 23.1 Å². The molecule has 1 heterocycles. The lowest BCUT2D eigenvalue weighted by molar-refractivity contribution is 0.335. The number of nitrogens with one attached hydrogen (secondary N) is 1. The lowest BCUT2D eigenvalue weighted by Gasteiger charge is -2.15. The molecule has 148 valence electrons. The molecule has 0 saturated carbocycles. The summed E-state index contributed by atoms with van der Waals surface area (Å²) in [6.07, 6.45) is 0. The summed E-state index contributed by atoms with van der Waals surface area (Å²) in [4.78, 5) is 3.16. The van der Waals surface area contributed by atoms with Gasteiger partial charge in [-0.2, -0.15) is 13.7 Å². The van der Waals surface area contributed by atoms with Crippen LogP contribution in [0.25, 0.3) is 10.9 Å². The van der Waals surface area contributed by atoms with E-state index in [1.165, 1.54) is 0 Å². The van der Waals surface area contributed by atoms with Gasteiger partial charge < -0.3 is 4.98 Å².